The van der Waals surface area contributed by atoms with Crippen LogP contribution in [0.15, 0.2) is 18.2 Å². The van der Waals surface area contributed by atoms with Gasteiger partial charge in [0.1, 0.15) is 5.75 Å². The zero-order valence-corrected chi connectivity index (χ0v) is 11.4. The van der Waals surface area contributed by atoms with E-state index in [1.807, 2.05) is 13.0 Å². The monoisotopic (exact) mass is 278 g/mol. The molecule has 1 aliphatic carbocycles. The number of ether oxygens (including phenoxy) is 1. The van der Waals surface area contributed by atoms with Crippen LogP contribution in [0.25, 0.3) is 0 Å². The van der Waals surface area contributed by atoms with Crippen molar-refractivity contribution in [1.82, 2.24) is 5.32 Å². The van der Waals surface area contributed by atoms with Crippen molar-refractivity contribution in [2.24, 2.45) is 5.92 Å². The van der Waals surface area contributed by atoms with E-state index in [9.17, 15) is 4.79 Å². The first kappa shape index (κ1) is 13.7. The van der Waals surface area contributed by atoms with Crippen LogP contribution in [-0.2, 0) is 4.79 Å². The Morgan fingerprint density at radius 2 is 2.37 bits per heavy atom. The van der Waals surface area contributed by atoms with Gasteiger partial charge in [-0.3, -0.25) is 4.79 Å². The number of rotatable bonds is 5. The first-order valence-electron chi connectivity index (χ1n) is 6.22. The Bertz CT molecular complexity index is 521. The van der Waals surface area contributed by atoms with Crippen LogP contribution < -0.4 is 10.1 Å². The minimum atomic E-state index is -0.153. The molecule has 1 atom stereocenters. The molecule has 100 valence electrons. The van der Waals surface area contributed by atoms with Gasteiger partial charge in [0, 0.05) is 6.04 Å². The highest BCUT2D eigenvalue weighted by molar-refractivity contribution is 6.32. The summed E-state index contributed by atoms with van der Waals surface area (Å²) >= 11 is 5.95. The van der Waals surface area contributed by atoms with Gasteiger partial charge in [-0.05, 0) is 43.9 Å². The van der Waals surface area contributed by atoms with Crippen LogP contribution in [0.2, 0.25) is 5.02 Å². The van der Waals surface area contributed by atoms with Crippen molar-refractivity contribution < 1.29 is 9.53 Å². The quantitative estimate of drug-likeness (QED) is 0.900. The number of nitrogens with one attached hydrogen (secondary N) is 1. The third-order valence-corrected chi connectivity index (χ3v) is 3.43. The van der Waals surface area contributed by atoms with Gasteiger partial charge in [0.2, 0.25) is 0 Å². The Hall–Kier alpha value is -1.73. The van der Waals surface area contributed by atoms with Gasteiger partial charge in [0.15, 0.2) is 6.61 Å². The smallest absolute Gasteiger partial charge is 0.258 e. The van der Waals surface area contributed by atoms with Crippen LogP contribution in [0.5, 0.6) is 5.75 Å². The molecule has 0 saturated heterocycles. The van der Waals surface area contributed by atoms with Gasteiger partial charge < -0.3 is 10.1 Å². The second-order valence-corrected chi connectivity index (χ2v) is 5.15. The van der Waals surface area contributed by atoms with Crippen molar-refractivity contribution in [3.63, 3.8) is 0 Å². The molecule has 1 fully saturated rings. The van der Waals surface area contributed by atoms with Crippen molar-refractivity contribution in [1.29, 1.82) is 5.26 Å². The Labute approximate surface area is 117 Å². The molecule has 1 aromatic rings. The number of amides is 1. The van der Waals surface area contributed by atoms with Crippen molar-refractivity contribution in [3.8, 4) is 11.8 Å². The summed E-state index contributed by atoms with van der Waals surface area (Å²) in [6, 6.07) is 6.90. The number of halogens is 1. The van der Waals surface area contributed by atoms with Crippen LogP contribution in [0.3, 0.4) is 0 Å². The summed E-state index contributed by atoms with van der Waals surface area (Å²) in [7, 11) is 0. The van der Waals surface area contributed by atoms with Gasteiger partial charge in [-0.1, -0.05) is 11.6 Å². The van der Waals surface area contributed by atoms with E-state index in [2.05, 4.69) is 5.32 Å². The van der Waals surface area contributed by atoms with E-state index in [4.69, 9.17) is 21.6 Å². The molecule has 1 N–H and O–H groups in total. The van der Waals surface area contributed by atoms with E-state index in [-0.39, 0.29) is 18.6 Å². The SMILES string of the molecule is C[C@@H](NC(=O)COc1ccc(C#N)cc1Cl)C1CC1. The second-order valence-electron chi connectivity index (χ2n) is 4.74. The average Bonchev–Trinajstić information content (AvgIpc) is 3.21. The second kappa shape index (κ2) is 5.94. The van der Waals surface area contributed by atoms with Gasteiger partial charge in [-0.25, -0.2) is 0 Å². The minimum Gasteiger partial charge on any atom is -0.482 e. The number of carbonyl (C=O) groups excluding carboxylic acids is 1. The van der Waals surface area contributed by atoms with Gasteiger partial charge in [0.25, 0.3) is 5.91 Å². The Morgan fingerprint density at radius 1 is 1.63 bits per heavy atom. The largest absolute Gasteiger partial charge is 0.482 e. The number of hydrogen-bond donors (Lipinski definition) is 1. The summed E-state index contributed by atoms with van der Waals surface area (Å²) in [5.74, 6) is 0.872. The van der Waals surface area contributed by atoms with E-state index < -0.39 is 0 Å². The number of nitriles is 1. The van der Waals surface area contributed by atoms with Crippen molar-refractivity contribution in [3.05, 3.63) is 28.8 Å². The molecule has 0 spiro atoms. The maximum atomic E-state index is 11.7. The molecule has 1 aromatic carbocycles. The fourth-order valence-electron chi connectivity index (χ4n) is 1.84. The van der Waals surface area contributed by atoms with E-state index in [0.29, 0.717) is 22.3 Å². The summed E-state index contributed by atoms with van der Waals surface area (Å²) in [5.41, 5.74) is 0.462. The van der Waals surface area contributed by atoms with Crippen molar-refractivity contribution >= 4 is 17.5 Å². The zero-order valence-electron chi connectivity index (χ0n) is 10.6. The molecular formula is C14H15ClN2O2. The molecule has 0 aromatic heterocycles. The van der Waals surface area contributed by atoms with Crippen LogP contribution in [0.4, 0.5) is 0 Å². The van der Waals surface area contributed by atoms with Crippen molar-refractivity contribution in [2.75, 3.05) is 6.61 Å². The summed E-state index contributed by atoms with van der Waals surface area (Å²) in [5, 5.41) is 11.9. The first-order chi connectivity index (χ1) is 9.10. The van der Waals surface area contributed by atoms with Crippen LogP contribution >= 0.6 is 11.6 Å². The molecule has 0 unspecified atom stereocenters. The Morgan fingerprint density at radius 3 is 2.95 bits per heavy atom. The molecule has 1 saturated carbocycles. The summed E-state index contributed by atoms with van der Waals surface area (Å²) in [6.07, 6.45) is 2.37. The third kappa shape index (κ3) is 3.87. The maximum Gasteiger partial charge on any atom is 0.258 e. The van der Waals surface area contributed by atoms with E-state index in [1.165, 1.54) is 18.9 Å². The molecule has 2 rings (SSSR count). The van der Waals surface area contributed by atoms with E-state index in [1.54, 1.807) is 12.1 Å². The molecule has 0 bridgehead atoms. The van der Waals surface area contributed by atoms with E-state index in [0.717, 1.165) is 0 Å². The molecule has 1 aliphatic rings. The Kier molecular flexibility index (Phi) is 4.28. The van der Waals surface area contributed by atoms with Gasteiger partial charge >= 0.3 is 0 Å². The number of nitrogens with zero attached hydrogens (tertiary/aromatic N) is 1. The lowest BCUT2D eigenvalue weighted by Crippen LogP contribution is -2.37. The lowest BCUT2D eigenvalue weighted by atomic mass is 10.2. The topological polar surface area (TPSA) is 62.1 Å². The average molecular weight is 279 g/mol. The summed E-state index contributed by atoms with van der Waals surface area (Å²) in [6.45, 7) is 1.94. The minimum absolute atomic E-state index is 0.0668. The number of benzene rings is 1. The van der Waals surface area contributed by atoms with Gasteiger partial charge in [0.05, 0.1) is 16.7 Å². The number of hydrogen-bond acceptors (Lipinski definition) is 3. The van der Waals surface area contributed by atoms with Crippen LogP contribution in [0.1, 0.15) is 25.3 Å². The zero-order chi connectivity index (χ0) is 13.8. The summed E-state index contributed by atoms with van der Waals surface area (Å²) in [4.78, 5) is 11.7. The van der Waals surface area contributed by atoms with E-state index >= 15 is 0 Å². The number of carbonyl (C=O) groups is 1. The maximum absolute atomic E-state index is 11.7. The predicted molar refractivity (Wildman–Crippen MR) is 72.0 cm³/mol. The molecule has 0 aliphatic heterocycles. The first-order valence-corrected chi connectivity index (χ1v) is 6.59. The highest BCUT2D eigenvalue weighted by Crippen LogP contribution is 2.32. The highest BCUT2D eigenvalue weighted by Gasteiger charge is 2.28. The molecule has 1 amide bonds. The van der Waals surface area contributed by atoms with Crippen LogP contribution in [-0.4, -0.2) is 18.6 Å². The molecule has 19 heavy (non-hydrogen) atoms. The lowest BCUT2D eigenvalue weighted by molar-refractivity contribution is -0.123. The highest BCUT2D eigenvalue weighted by atomic mass is 35.5. The molecular weight excluding hydrogens is 264 g/mol. The molecule has 4 nitrogen and oxygen atoms in total. The van der Waals surface area contributed by atoms with Crippen molar-refractivity contribution in [2.45, 2.75) is 25.8 Å². The normalized spacial score (nSPS) is 15.4. The fourth-order valence-corrected chi connectivity index (χ4v) is 2.08. The van der Waals surface area contributed by atoms with Gasteiger partial charge in [-0.2, -0.15) is 5.26 Å². The summed E-state index contributed by atoms with van der Waals surface area (Å²) < 4.78 is 5.35. The fraction of sp³-hybridized carbons (Fsp3) is 0.429. The standard InChI is InChI=1S/C14H15ClN2O2/c1-9(11-3-4-11)17-14(18)8-19-13-5-2-10(7-16)6-12(13)15/h2,5-6,9,11H,3-4,8H2,1H3,(H,17,18)/t9-/m1/s1. The van der Waals surface area contributed by atoms with Gasteiger partial charge in [-0.15, -0.1) is 0 Å². The molecule has 0 heterocycles. The molecule has 5 heteroatoms. The Balaban J connectivity index is 1.84. The predicted octanol–water partition coefficient (Wildman–Crippen LogP) is 2.51. The third-order valence-electron chi connectivity index (χ3n) is 3.14. The van der Waals surface area contributed by atoms with Crippen LogP contribution in [0, 0.1) is 17.2 Å². The molecule has 0 radical (unpaired) electrons. The lowest BCUT2D eigenvalue weighted by Gasteiger charge is -2.13.